The summed E-state index contributed by atoms with van der Waals surface area (Å²) in [5, 5.41) is 6.95. The second kappa shape index (κ2) is 5.55. The molecule has 0 spiro atoms. The van der Waals surface area contributed by atoms with E-state index in [9.17, 15) is 0 Å². The zero-order chi connectivity index (χ0) is 13.0. The third kappa shape index (κ3) is 2.74. The van der Waals surface area contributed by atoms with Crippen molar-refractivity contribution < 1.29 is 0 Å². The molecule has 1 fully saturated rings. The van der Waals surface area contributed by atoms with Crippen molar-refractivity contribution in [3.63, 3.8) is 0 Å². The molecule has 2 rings (SSSR count). The van der Waals surface area contributed by atoms with Crippen LogP contribution in [0.5, 0.6) is 0 Å². The van der Waals surface area contributed by atoms with Crippen molar-refractivity contribution in [1.29, 1.82) is 0 Å². The average molecular weight is 248 g/mol. The molecule has 1 heterocycles. The molecule has 4 heteroatoms. The number of rotatable bonds is 6. The van der Waals surface area contributed by atoms with Crippen LogP contribution in [0.25, 0.3) is 0 Å². The Labute approximate surface area is 110 Å². The molecule has 0 amide bonds. The molecule has 0 bridgehead atoms. The van der Waals surface area contributed by atoms with Gasteiger partial charge in [0.05, 0.1) is 0 Å². The van der Waals surface area contributed by atoms with E-state index in [0.29, 0.717) is 0 Å². The number of aromatic nitrogens is 2. The van der Waals surface area contributed by atoms with Gasteiger partial charge in [-0.05, 0) is 39.5 Å². The monoisotopic (exact) mass is 248 g/mol. The molecule has 4 nitrogen and oxygen atoms in total. The Hall–Kier alpha value is -1.32. The first-order valence-corrected chi connectivity index (χ1v) is 7.04. The van der Waals surface area contributed by atoms with E-state index < -0.39 is 0 Å². The number of hydrogen-bond donors (Lipinski definition) is 2. The standard InChI is InChI=1S/C14H24N4/c1-4-7-11-12(15-5-2)16-10-17-13(11)18-14(3)8-6-9-14/h10H,4-9H2,1-3H3,(H2,15,16,17,18). The van der Waals surface area contributed by atoms with E-state index in [4.69, 9.17) is 0 Å². The first-order chi connectivity index (χ1) is 8.68. The lowest BCUT2D eigenvalue weighted by Gasteiger charge is -2.40. The minimum Gasteiger partial charge on any atom is -0.370 e. The Morgan fingerprint density at radius 1 is 1.22 bits per heavy atom. The van der Waals surface area contributed by atoms with Crippen LogP contribution in [-0.4, -0.2) is 22.1 Å². The van der Waals surface area contributed by atoms with E-state index in [1.54, 1.807) is 6.33 Å². The lowest BCUT2D eigenvalue weighted by Crippen LogP contribution is -2.42. The molecule has 18 heavy (non-hydrogen) atoms. The lowest BCUT2D eigenvalue weighted by molar-refractivity contribution is 0.305. The molecular weight excluding hydrogens is 224 g/mol. The number of hydrogen-bond acceptors (Lipinski definition) is 4. The fourth-order valence-corrected chi connectivity index (χ4v) is 2.44. The Bertz CT molecular complexity index is 399. The Kier molecular flexibility index (Phi) is 4.04. The number of nitrogens with one attached hydrogen (secondary N) is 2. The van der Waals surface area contributed by atoms with Crippen LogP contribution in [0.15, 0.2) is 6.33 Å². The third-order valence-electron chi connectivity index (χ3n) is 3.67. The summed E-state index contributed by atoms with van der Waals surface area (Å²) >= 11 is 0. The molecule has 1 aromatic heterocycles. The second-order valence-corrected chi connectivity index (χ2v) is 5.37. The predicted octanol–water partition coefficient (Wildman–Crippen LogP) is 3.22. The summed E-state index contributed by atoms with van der Waals surface area (Å²) in [5.41, 5.74) is 1.47. The van der Waals surface area contributed by atoms with E-state index in [0.717, 1.165) is 31.0 Å². The highest BCUT2D eigenvalue weighted by Gasteiger charge is 2.32. The molecule has 1 aromatic rings. The fourth-order valence-electron chi connectivity index (χ4n) is 2.44. The highest BCUT2D eigenvalue weighted by Crippen LogP contribution is 2.35. The van der Waals surface area contributed by atoms with Gasteiger partial charge in [0.2, 0.25) is 0 Å². The zero-order valence-corrected chi connectivity index (χ0v) is 11.7. The third-order valence-corrected chi connectivity index (χ3v) is 3.67. The van der Waals surface area contributed by atoms with Gasteiger partial charge in [0.25, 0.3) is 0 Å². The number of anilines is 2. The summed E-state index contributed by atoms with van der Waals surface area (Å²) in [5.74, 6) is 2.00. The fraction of sp³-hybridized carbons (Fsp3) is 0.714. The lowest BCUT2D eigenvalue weighted by atomic mass is 9.78. The molecule has 0 saturated heterocycles. The number of nitrogens with zero attached hydrogens (tertiary/aromatic N) is 2. The van der Waals surface area contributed by atoms with Crippen molar-refractivity contribution in [3.8, 4) is 0 Å². The summed E-state index contributed by atoms with van der Waals surface area (Å²) < 4.78 is 0. The summed E-state index contributed by atoms with van der Waals surface area (Å²) in [6.45, 7) is 7.46. The highest BCUT2D eigenvalue weighted by molar-refractivity contribution is 5.58. The first-order valence-electron chi connectivity index (χ1n) is 7.04. The van der Waals surface area contributed by atoms with Crippen LogP contribution in [0.4, 0.5) is 11.6 Å². The Morgan fingerprint density at radius 3 is 2.50 bits per heavy atom. The summed E-state index contributed by atoms with van der Waals surface area (Å²) in [7, 11) is 0. The van der Waals surface area contributed by atoms with Gasteiger partial charge in [-0.1, -0.05) is 13.3 Å². The van der Waals surface area contributed by atoms with Crippen LogP contribution in [0.3, 0.4) is 0 Å². The molecule has 100 valence electrons. The smallest absolute Gasteiger partial charge is 0.135 e. The maximum atomic E-state index is 4.45. The second-order valence-electron chi connectivity index (χ2n) is 5.37. The molecule has 1 saturated carbocycles. The maximum absolute atomic E-state index is 4.45. The van der Waals surface area contributed by atoms with E-state index in [-0.39, 0.29) is 5.54 Å². The Morgan fingerprint density at radius 2 is 1.94 bits per heavy atom. The average Bonchev–Trinajstić information content (AvgIpc) is 2.31. The molecule has 0 aromatic carbocycles. The van der Waals surface area contributed by atoms with E-state index >= 15 is 0 Å². The topological polar surface area (TPSA) is 49.8 Å². The molecule has 0 atom stereocenters. The van der Waals surface area contributed by atoms with E-state index in [1.165, 1.54) is 24.8 Å². The molecular formula is C14H24N4. The van der Waals surface area contributed by atoms with Crippen molar-refractivity contribution in [3.05, 3.63) is 11.9 Å². The van der Waals surface area contributed by atoms with Crippen LogP contribution in [0.1, 0.15) is 52.0 Å². The summed E-state index contributed by atoms with van der Waals surface area (Å²) in [6, 6.07) is 0. The van der Waals surface area contributed by atoms with Crippen molar-refractivity contribution in [2.24, 2.45) is 0 Å². The van der Waals surface area contributed by atoms with Gasteiger partial charge in [-0.2, -0.15) is 0 Å². The summed E-state index contributed by atoms with van der Waals surface area (Å²) in [4.78, 5) is 8.80. The van der Waals surface area contributed by atoms with E-state index in [1.807, 2.05) is 0 Å². The molecule has 1 aliphatic rings. The van der Waals surface area contributed by atoms with E-state index in [2.05, 4.69) is 41.4 Å². The molecule has 0 radical (unpaired) electrons. The molecule has 2 N–H and O–H groups in total. The SMILES string of the molecule is CCCc1c(NCC)ncnc1NC1(C)CCC1. The minimum atomic E-state index is 0.236. The van der Waals surface area contributed by atoms with Gasteiger partial charge < -0.3 is 10.6 Å². The van der Waals surface area contributed by atoms with Crippen molar-refractivity contribution >= 4 is 11.6 Å². The van der Waals surface area contributed by atoms with Gasteiger partial charge in [-0.15, -0.1) is 0 Å². The first kappa shape index (κ1) is 13.1. The van der Waals surface area contributed by atoms with Gasteiger partial charge in [0, 0.05) is 17.6 Å². The minimum absolute atomic E-state index is 0.236. The van der Waals surface area contributed by atoms with Crippen LogP contribution in [0, 0.1) is 0 Å². The van der Waals surface area contributed by atoms with Crippen LogP contribution < -0.4 is 10.6 Å². The van der Waals surface area contributed by atoms with Crippen molar-refractivity contribution in [2.75, 3.05) is 17.2 Å². The van der Waals surface area contributed by atoms with Gasteiger partial charge in [-0.3, -0.25) is 0 Å². The van der Waals surface area contributed by atoms with Gasteiger partial charge in [0.1, 0.15) is 18.0 Å². The van der Waals surface area contributed by atoms with Crippen LogP contribution >= 0.6 is 0 Å². The molecule has 0 aliphatic heterocycles. The molecule has 0 unspecified atom stereocenters. The Balaban J connectivity index is 2.23. The quantitative estimate of drug-likeness (QED) is 0.811. The predicted molar refractivity (Wildman–Crippen MR) is 76.1 cm³/mol. The van der Waals surface area contributed by atoms with Gasteiger partial charge in [-0.25, -0.2) is 9.97 Å². The highest BCUT2D eigenvalue weighted by atomic mass is 15.1. The largest absolute Gasteiger partial charge is 0.370 e. The van der Waals surface area contributed by atoms with Crippen molar-refractivity contribution in [1.82, 2.24) is 9.97 Å². The van der Waals surface area contributed by atoms with Crippen LogP contribution in [0.2, 0.25) is 0 Å². The van der Waals surface area contributed by atoms with Gasteiger partial charge in [0.15, 0.2) is 0 Å². The molecule has 1 aliphatic carbocycles. The zero-order valence-electron chi connectivity index (χ0n) is 11.7. The van der Waals surface area contributed by atoms with Gasteiger partial charge >= 0.3 is 0 Å². The maximum Gasteiger partial charge on any atom is 0.135 e. The van der Waals surface area contributed by atoms with Crippen LogP contribution in [-0.2, 0) is 6.42 Å². The summed E-state index contributed by atoms with van der Waals surface area (Å²) in [6.07, 6.45) is 7.57. The normalized spacial score (nSPS) is 17.1. The van der Waals surface area contributed by atoms with Crippen molar-refractivity contribution in [2.45, 2.75) is 58.4 Å².